The summed E-state index contributed by atoms with van der Waals surface area (Å²) in [6.07, 6.45) is 3.18. The first kappa shape index (κ1) is 16.2. The summed E-state index contributed by atoms with van der Waals surface area (Å²) in [4.78, 5) is 23.5. The van der Waals surface area contributed by atoms with E-state index in [9.17, 15) is 9.59 Å². The predicted octanol–water partition coefficient (Wildman–Crippen LogP) is 1.28. The Balaban J connectivity index is 2.56. The Morgan fingerprint density at radius 2 is 1.80 bits per heavy atom. The van der Waals surface area contributed by atoms with Gasteiger partial charge in [0.25, 0.3) is 5.91 Å². The van der Waals surface area contributed by atoms with Crippen LogP contribution in [-0.4, -0.2) is 33.7 Å². The van der Waals surface area contributed by atoms with Crippen LogP contribution in [0, 0.1) is 0 Å². The van der Waals surface area contributed by atoms with Crippen molar-refractivity contribution in [1.29, 1.82) is 0 Å². The number of carbonyl (C=O) groups excluding carboxylic acids is 2. The van der Waals surface area contributed by atoms with Gasteiger partial charge in [-0.25, -0.2) is 0 Å². The van der Waals surface area contributed by atoms with Crippen LogP contribution < -0.4 is 10.6 Å². The van der Waals surface area contributed by atoms with E-state index in [1.165, 1.54) is 6.20 Å². The highest BCUT2D eigenvalue weighted by atomic mass is 16.2. The Morgan fingerprint density at radius 3 is 2.25 bits per heavy atom. The van der Waals surface area contributed by atoms with Gasteiger partial charge in [0.05, 0.1) is 23.8 Å². The molecule has 20 heavy (non-hydrogen) atoms. The standard InChI is InChI=1S/C14H24N4O2/c1-13(2,3)17-11(19)8-15-12(20)10-7-16-18(9-10)14(4,5)6/h7,9H,8H2,1-6H3,(H,15,20)(H,17,19). The second kappa shape index (κ2) is 5.64. The first-order valence-corrected chi connectivity index (χ1v) is 6.63. The molecule has 6 heteroatoms. The summed E-state index contributed by atoms with van der Waals surface area (Å²) in [5, 5.41) is 9.51. The summed E-state index contributed by atoms with van der Waals surface area (Å²) in [6, 6.07) is 0. The maximum Gasteiger partial charge on any atom is 0.254 e. The van der Waals surface area contributed by atoms with Crippen LogP contribution in [-0.2, 0) is 10.3 Å². The number of amides is 2. The molecule has 0 fully saturated rings. The van der Waals surface area contributed by atoms with Gasteiger partial charge in [0.1, 0.15) is 0 Å². The molecule has 0 aliphatic heterocycles. The summed E-state index contributed by atoms with van der Waals surface area (Å²) < 4.78 is 1.72. The lowest BCUT2D eigenvalue weighted by Gasteiger charge is -2.20. The maximum atomic E-state index is 11.9. The molecule has 0 unspecified atom stereocenters. The van der Waals surface area contributed by atoms with Crippen molar-refractivity contribution in [3.05, 3.63) is 18.0 Å². The van der Waals surface area contributed by atoms with E-state index in [2.05, 4.69) is 15.7 Å². The zero-order valence-corrected chi connectivity index (χ0v) is 13.1. The number of hydrogen-bond donors (Lipinski definition) is 2. The van der Waals surface area contributed by atoms with E-state index in [-0.39, 0.29) is 29.4 Å². The van der Waals surface area contributed by atoms with Gasteiger partial charge in [-0.3, -0.25) is 14.3 Å². The van der Waals surface area contributed by atoms with Gasteiger partial charge in [-0.15, -0.1) is 0 Å². The molecule has 1 aromatic rings. The van der Waals surface area contributed by atoms with Gasteiger partial charge in [-0.2, -0.15) is 5.10 Å². The topological polar surface area (TPSA) is 76.0 Å². The molecule has 0 aromatic carbocycles. The van der Waals surface area contributed by atoms with Gasteiger partial charge in [-0.05, 0) is 41.5 Å². The predicted molar refractivity (Wildman–Crippen MR) is 77.5 cm³/mol. The highest BCUT2D eigenvalue weighted by Gasteiger charge is 2.18. The molecular formula is C14H24N4O2. The molecular weight excluding hydrogens is 256 g/mol. The minimum Gasteiger partial charge on any atom is -0.350 e. The monoisotopic (exact) mass is 280 g/mol. The molecule has 0 saturated heterocycles. The van der Waals surface area contributed by atoms with Crippen LogP contribution in [0.2, 0.25) is 0 Å². The normalized spacial score (nSPS) is 12.1. The zero-order chi connectivity index (χ0) is 15.6. The van der Waals surface area contributed by atoms with Crippen LogP contribution in [0.25, 0.3) is 0 Å². The smallest absolute Gasteiger partial charge is 0.254 e. The Morgan fingerprint density at radius 1 is 1.20 bits per heavy atom. The van der Waals surface area contributed by atoms with Gasteiger partial charge in [0.15, 0.2) is 0 Å². The molecule has 112 valence electrons. The Hall–Kier alpha value is -1.85. The van der Waals surface area contributed by atoms with Crippen LogP contribution in [0.3, 0.4) is 0 Å². The van der Waals surface area contributed by atoms with Crippen LogP contribution >= 0.6 is 0 Å². The van der Waals surface area contributed by atoms with Crippen molar-refractivity contribution in [3.8, 4) is 0 Å². The van der Waals surface area contributed by atoms with E-state index < -0.39 is 0 Å². The van der Waals surface area contributed by atoms with E-state index in [1.807, 2.05) is 41.5 Å². The quantitative estimate of drug-likeness (QED) is 0.875. The zero-order valence-electron chi connectivity index (χ0n) is 13.1. The van der Waals surface area contributed by atoms with Crippen LogP contribution in [0.15, 0.2) is 12.4 Å². The molecule has 0 radical (unpaired) electrons. The minimum absolute atomic E-state index is 0.0448. The summed E-state index contributed by atoms with van der Waals surface area (Å²) in [5.74, 6) is -0.515. The van der Waals surface area contributed by atoms with Gasteiger partial charge < -0.3 is 10.6 Å². The first-order chi connectivity index (χ1) is 8.99. The van der Waals surface area contributed by atoms with Gasteiger partial charge in [-0.1, -0.05) is 0 Å². The summed E-state index contributed by atoms with van der Waals surface area (Å²) >= 11 is 0. The van der Waals surface area contributed by atoms with Crippen LogP contribution in [0.1, 0.15) is 51.9 Å². The molecule has 0 bridgehead atoms. The second-order valence-corrected chi connectivity index (χ2v) is 6.83. The number of rotatable bonds is 3. The SMILES string of the molecule is CC(C)(C)NC(=O)CNC(=O)c1cnn(C(C)(C)C)c1. The van der Waals surface area contributed by atoms with Crippen LogP contribution in [0.4, 0.5) is 0 Å². The fourth-order valence-corrected chi connectivity index (χ4v) is 1.53. The van der Waals surface area contributed by atoms with Crippen molar-refractivity contribution >= 4 is 11.8 Å². The van der Waals surface area contributed by atoms with Crippen molar-refractivity contribution in [1.82, 2.24) is 20.4 Å². The minimum atomic E-state index is -0.307. The van der Waals surface area contributed by atoms with Crippen molar-refractivity contribution < 1.29 is 9.59 Å². The molecule has 1 heterocycles. The first-order valence-electron chi connectivity index (χ1n) is 6.63. The molecule has 6 nitrogen and oxygen atoms in total. The van der Waals surface area contributed by atoms with E-state index >= 15 is 0 Å². The van der Waals surface area contributed by atoms with E-state index in [0.717, 1.165) is 0 Å². The fourth-order valence-electron chi connectivity index (χ4n) is 1.53. The Labute approximate surface area is 119 Å². The highest BCUT2D eigenvalue weighted by Crippen LogP contribution is 2.12. The maximum absolute atomic E-state index is 11.9. The van der Waals surface area contributed by atoms with Gasteiger partial charge >= 0.3 is 0 Å². The third-order valence-electron chi connectivity index (χ3n) is 2.46. The average molecular weight is 280 g/mol. The highest BCUT2D eigenvalue weighted by molar-refractivity contribution is 5.96. The Bertz CT molecular complexity index is 492. The van der Waals surface area contributed by atoms with Gasteiger partial charge in [0.2, 0.25) is 5.91 Å². The summed E-state index contributed by atoms with van der Waals surface area (Å²) in [6.45, 7) is 11.6. The molecule has 2 amide bonds. The lowest BCUT2D eigenvalue weighted by molar-refractivity contribution is -0.121. The number of aromatic nitrogens is 2. The number of hydrogen-bond acceptors (Lipinski definition) is 3. The third kappa shape index (κ3) is 5.03. The van der Waals surface area contributed by atoms with E-state index in [4.69, 9.17) is 0 Å². The van der Waals surface area contributed by atoms with E-state index in [1.54, 1.807) is 10.9 Å². The van der Waals surface area contributed by atoms with Crippen molar-refractivity contribution in [3.63, 3.8) is 0 Å². The second-order valence-electron chi connectivity index (χ2n) is 6.83. The molecule has 2 N–H and O–H groups in total. The molecule has 0 spiro atoms. The average Bonchev–Trinajstić information content (AvgIpc) is 2.72. The third-order valence-corrected chi connectivity index (χ3v) is 2.46. The Kier molecular flexibility index (Phi) is 4.57. The molecule has 1 rings (SSSR count). The lowest BCUT2D eigenvalue weighted by atomic mass is 10.1. The number of nitrogens with zero attached hydrogens (tertiary/aromatic N) is 2. The summed E-state index contributed by atoms with van der Waals surface area (Å²) in [7, 11) is 0. The molecule has 0 atom stereocenters. The largest absolute Gasteiger partial charge is 0.350 e. The molecule has 0 saturated carbocycles. The van der Waals surface area contributed by atoms with Crippen molar-refractivity contribution in [2.24, 2.45) is 0 Å². The summed E-state index contributed by atoms with van der Waals surface area (Å²) in [5.41, 5.74) is -0.0374. The van der Waals surface area contributed by atoms with Crippen molar-refractivity contribution in [2.45, 2.75) is 52.6 Å². The van der Waals surface area contributed by atoms with Crippen LogP contribution in [0.5, 0.6) is 0 Å². The number of nitrogens with one attached hydrogen (secondary N) is 2. The molecule has 0 aliphatic carbocycles. The van der Waals surface area contributed by atoms with Crippen molar-refractivity contribution in [2.75, 3.05) is 6.54 Å². The molecule has 0 aliphatic rings. The van der Waals surface area contributed by atoms with E-state index in [0.29, 0.717) is 5.56 Å². The number of carbonyl (C=O) groups is 2. The van der Waals surface area contributed by atoms with Gasteiger partial charge in [0, 0.05) is 11.7 Å². The molecule has 1 aromatic heterocycles. The lowest BCUT2D eigenvalue weighted by Crippen LogP contribution is -2.45. The fraction of sp³-hybridized carbons (Fsp3) is 0.643.